The molecule has 0 aliphatic carbocycles. The van der Waals surface area contributed by atoms with Crippen molar-refractivity contribution in [1.29, 1.82) is 0 Å². The minimum Gasteiger partial charge on any atom is -0.0620 e. The second-order valence-corrected chi connectivity index (χ2v) is 8.44. The zero-order valence-electron chi connectivity index (χ0n) is 15.4. The third-order valence-corrected chi connectivity index (χ3v) is 6.76. The van der Waals surface area contributed by atoms with E-state index < -0.39 is 7.92 Å². The number of hydrogen-bond acceptors (Lipinski definition) is 0. The minimum absolute atomic E-state index is 0.877. The summed E-state index contributed by atoms with van der Waals surface area (Å²) in [6, 6.07) is 42.4. The molecule has 0 bridgehead atoms. The van der Waals surface area contributed by atoms with Gasteiger partial charge in [0.1, 0.15) is 15.9 Å². The molecule has 0 fully saturated rings. The van der Waals surface area contributed by atoms with E-state index >= 15 is 0 Å². The average molecular weight is 496 g/mol. The van der Waals surface area contributed by atoms with Crippen LogP contribution in [0, 0.1) is 6.92 Å². The van der Waals surface area contributed by atoms with Crippen LogP contribution >= 0.6 is 17.5 Å². The van der Waals surface area contributed by atoms with Gasteiger partial charge in [-0.25, -0.2) is 0 Å². The third kappa shape index (κ3) is 7.27. The normalized spacial score (nSPS) is 9.57. The average Bonchev–Trinajstić information content (AvgIpc) is 2.79. The summed E-state index contributed by atoms with van der Waals surface area (Å²) in [7, 11) is 3.61. The second-order valence-electron chi connectivity index (χ2n) is 5.96. The van der Waals surface area contributed by atoms with Crippen molar-refractivity contribution in [3.63, 3.8) is 0 Å². The Morgan fingerprint density at radius 3 is 0.929 bits per heavy atom. The minimum atomic E-state index is -0.877. The van der Waals surface area contributed by atoms with Gasteiger partial charge in [-0.1, -0.05) is 60.7 Å². The van der Waals surface area contributed by atoms with Crippen LogP contribution < -0.4 is 15.9 Å². The van der Waals surface area contributed by atoms with Gasteiger partial charge < -0.3 is 0 Å². The molecule has 0 spiro atoms. The molecule has 0 aliphatic heterocycles. The van der Waals surface area contributed by atoms with Gasteiger partial charge in [0.15, 0.2) is 0 Å². The Hall–Kier alpha value is -1.87. The molecule has 0 radical (unpaired) electrons. The van der Waals surface area contributed by atoms with Crippen LogP contribution in [-0.2, 0) is 18.2 Å². The Kier molecular flexibility index (Phi) is 10.7. The summed E-state index contributed by atoms with van der Waals surface area (Å²) in [6.45, 7) is 3.72. The monoisotopic (exact) mass is 495 g/mol. The van der Waals surface area contributed by atoms with Gasteiger partial charge in [-0.05, 0) is 36.4 Å². The van der Waals surface area contributed by atoms with Gasteiger partial charge in [0, 0.05) is 0 Å². The van der Waals surface area contributed by atoms with Crippen molar-refractivity contribution in [3.8, 4) is 0 Å². The van der Waals surface area contributed by atoms with Gasteiger partial charge >= 0.3 is 27.7 Å². The van der Waals surface area contributed by atoms with Crippen LogP contribution in [0.1, 0.15) is 5.56 Å². The van der Waals surface area contributed by atoms with E-state index in [1.54, 1.807) is 0 Å². The fourth-order valence-electron chi connectivity index (χ4n) is 2.79. The van der Waals surface area contributed by atoms with Crippen molar-refractivity contribution in [1.82, 2.24) is 0 Å². The molecule has 3 heteroatoms. The first-order chi connectivity index (χ1) is 13.8. The Morgan fingerprint density at radius 2 is 0.714 bits per heavy atom. The van der Waals surface area contributed by atoms with Crippen molar-refractivity contribution < 1.29 is 18.2 Å². The summed E-state index contributed by atoms with van der Waals surface area (Å²) >= 11 is 2.22. The van der Waals surface area contributed by atoms with E-state index in [2.05, 4.69) is 126 Å². The van der Waals surface area contributed by atoms with Gasteiger partial charge in [0.25, 0.3) is 0 Å². The largest absolute Gasteiger partial charge is 0.102 e. The molecule has 0 unspecified atom stereocenters. The summed E-state index contributed by atoms with van der Waals surface area (Å²) in [5.41, 5.74) is 1.07. The zero-order valence-corrected chi connectivity index (χ0v) is 18.8. The number of benzene rings is 4. The van der Waals surface area contributed by atoms with Gasteiger partial charge in [-0.3, -0.25) is 0 Å². The van der Waals surface area contributed by atoms with Crippen LogP contribution in [0.2, 0.25) is 0 Å². The van der Waals surface area contributed by atoms with Crippen LogP contribution in [0.15, 0.2) is 121 Å². The first-order valence-corrected chi connectivity index (χ1v) is 12.4. The maximum Gasteiger partial charge on any atom is 0.102 e. The molecular weight excluding hydrogens is 473 g/mol. The smallest absolute Gasteiger partial charge is 0.0620 e. The van der Waals surface area contributed by atoms with Crippen LogP contribution in [0.4, 0.5) is 0 Å². The van der Waals surface area contributed by atoms with Crippen LogP contribution in [0.25, 0.3) is 0 Å². The van der Waals surface area contributed by atoms with Gasteiger partial charge in [-0.15, -0.1) is 12.1 Å². The molecule has 4 aromatic rings. The molecular formula is C25H23ClPPd+. The van der Waals surface area contributed by atoms with Gasteiger partial charge in [0.2, 0.25) is 0 Å². The molecule has 0 heterocycles. The van der Waals surface area contributed by atoms with Crippen LogP contribution in [0.5, 0.6) is 0 Å². The summed E-state index contributed by atoms with van der Waals surface area (Å²) in [5.74, 6) is 0. The first-order valence-electron chi connectivity index (χ1n) is 8.87. The Labute approximate surface area is 184 Å². The molecule has 0 amide bonds. The van der Waals surface area contributed by atoms with Crippen LogP contribution in [0.3, 0.4) is 0 Å². The van der Waals surface area contributed by atoms with E-state index in [4.69, 9.17) is 0 Å². The van der Waals surface area contributed by atoms with Crippen molar-refractivity contribution in [2.24, 2.45) is 0 Å². The van der Waals surface area contributed by atoms with Crippen LogP contribution in [-0.4, -0.2) is 0 Å². The fourth-order valence-corrected chi connectivity index (χ4v) is 5.37. The van der Waals surface area contributed by atoms with E-state index in [0.29, 0.717) is 0 Å². The summed E-state index contributed by atoms with van der Waals surface area (Å²) < 4.78 is 0. The molecule has 0 aromatic heterocycles. The van der Waals surface area contributed by atoms with Crippen molar-refractivity contribution in [3.05, 3.63) is 134 Å². The molecule has 4 rings (SSSR count). The number of rotatable bonds is 3. The molecule has 0 N–H and O–H groups in total. The Balaban J connectivity index is 0.000000261. The summed E-state index contributed by atoms with van der Waals surface area (Å²) in [5, 5.41) is 4.31. The fraction of sp³-hybridized carbons (Fsp3) is 0. The molecule has 4 aromatic carbocycles. The Bertz CT molecular complexity index is 791. The third-order valence-electron chi connectivity index (χ3n) is 4.03. The zero-order chi connectivity index (χ0) is 20.0. The van der Waals surface area contributed by atoms with E-state index in [1.807, 2.05) is 30.3 Å². The van der Waals surface area contributed by atoms with E-state index in [-0.39, 0.29) is 0 Å². The Morgan fingerprint density at radius 1 is 0.464 bits per heavy atom. The van der Waals surface area contributed by atoms with E-state index in [1.165, 1.54) is 15.9 Å². The quantitative estimate of drug-likeness (QED) is 0.193. The molecule has 0 aliphatic rings. The molecule has 28 heavy (non-hydrogen) atoms. The predicted octanol–water partition coefficient (Wildman–Crippen LogP) is 5.73. The van der Waals surface area contributed by atoms with Crippen molar-refractivity contribution >= 4 is 33.4 Å². The predicted molar refractivity (Wildman–Crippen MR) is 123 cm³/mol. The van der Waals surface area contributed by atoms with Gasteiger partial charge in [0.05, 0.1) is 7.92 Å². The maximum absolute atomic E-state index is 4.49. The molecule has 0 saturated carbocycles. The topological polar surface area (TPSA) is 0 Å². The molecule has 0 nitrogen and oxygen atoms in total. The van der Waals surface area contributed by atoms with Crippen molar-refractivity contribution in [2.45, 2.75) is 0 Å². The van der Waals surface area contributed by atoms with E-state index in [0.717, 1.165) is 5.56 Å². The SMILES string of the molecule is [CH2-]c1ccccc1.[Cl][Pd+].c1ccc([PH+](c2ccccc2)c2ccccc2)cc1. The van der Waals surface area contributed by atoms with Gasteiger partial charge in [-0.2, -0.15) is 24.6 Å². The maximum atomic E-state index is 4.49. The van der Waals surface area contributed by atoms with Crippen molar-refractivity contribution in [2.75, 3.05) is 0 Å². The summed E-state index contributed by atoms with van der Waals surface area (Å²) in [6.07, 6.45) is 0. The standard InChI is InChI=1S/C18H15P.C7H7.ClH.Pd/c1-4-10-16(11-5-1)19(17-12-6-2-7-13-17)18-14-8-3-9-15-18;1-7-5-3-2-4-6-7;;/h1-15H;2-6H,1H2;1H;/q;-1;;+2. The first kappa shape index (κ1) is 22.4. The summed E-state index contributed by atoms with van der Waals surface area (Å²) in [4.78, 5) is 0. The van der Waals surface area contributed by atoms with E-state index in [9.17, 15) is 0 Å². The molecule has 0 atom stereocenters. The molecule has 144 valence electrons. The molecule has 0 saturated heterocycles. The second kappa shape index (κ2) is 13.3. The number of halogens is 1. The number of hydrogen-bond donors (Lipinski definition) is 0.